The number of hydrogen-bond donors (Lipinski definition) is 0. The van der Waals surface area contributed by atoms with E-state index in [1.165, 1.54) is 6.08 Å². The van der Waals surface area contributed by atoms with Crippen LogP contribution in [-0.2, 0) is 4.79 Å². The highest BCUT2D eigenvalue weighted by atomic mass is 16.1. The van der Waals surface area contributed by atoms with Crippen LogP contribution in [0.3, 0.4) is 0 Å². The highest BCUT2D eigenvalue weighted by molar-refractivity contribution is 5.33. The van der Waals surface area contributed by atoms with Crippen LogP contribution in [0, 0.1) is 12.8 Å². The number of carbonyl (C=O) groups excluding carboxylic acids is 1. The first-order valence-electron chi connectivity index (χ1n) is 2.58. The zero-order valence-corrected chi connectivity index (χ0v) is 5.22. The molecule has 0 rings (SSSR count). The van der Waals surface area contributed by atoms with Crippen molar-refractivity contribution >= 4 is 6.08 Å². The van der Waals surface area contributed by atoms with E-state index in [9.17, 15) is 4.79 Å². The number of nitrogens with zero attached hydrogens (tertiary/aromatic N) is 1. The lowest BCUT2D eigenvalue weighted by Crippen LogP contribution is -2.06. The lowest BCUT2D eigenvalue weighted by molar-refractivity contribution is 0.539. The van der Waals surface area contributed by atoms with E-state index in [1.807, 2.05) is 13.8 Å². The van der Waals surface area contributed by atoms with E-state index in [0.717, 1.165) is 0 Å². The minimum absolute atomic E-state index is 0.00694. The maximum absolute atomic E-state index is 9.60. The van der Waals surface area contributed by atoms with Gasteiger partial charge in [-0.1, -0.05) is 6.92 Å². The van der Waals surface area contributed by atoms with Crippen molar-refractivity contribution in [1.29, 1.82) is 0 Å². The third-order valence-electron chi connectivity index (χ3n) is 1.08. The van der Waals surface area contributed by atoms with Gasteiger partial charge in [-0.3, -0.25) is 0 Å². The third-order valence-corrected chi connectivity index (χ3v) is 1.08. The maximum Gasteiger partial charge on any atom is 0.235 e. The topological polar surface area (TPSA) is 29.4 Å². The summed E-state index contributed by atoms with van der Waals surface area (Å²) in [5, 5.41) is 0. The molecule has 0 saturated carbocycles. The highest BCUT2D eigenvalue weighted by Gasteiger charge is 2.02. The molecule has 0 spiro atoms. The molecule has 8 heavy (non-hydrogen) atoms. The van der Waals surface area contributed by atoms with Crippen molar-refractivity contribution in [2.45, 2.75) is 19.9 Å². The van der Waals surface area contributed by atoms with Crippen molar-refractivity contribution in [3.8, 4) is 0 Å². The molecule has 2 heteroatoms. The van der Waals surface area contributed by atoms with Crippen LogP contribution in [0.5, 0.6) is 0 Å². The molecular weight excluding hydrogens is 102 g/mol. The van der Waals surface area contributed by atoms with Crippen molar-refractivity contribution in [3.63, 3.8) is 0 Å². The number of rotatable bonds is 2. The van der Waals surface area contributed by atoms with Crippen molar-refractivity contribution in [2.24, 2.45) is 10.9 Å². The number of isocyanates is 1. The zero-order chi connectivity index (χ0) is 6.57. The van der Waals surface area contributed by atoms with Gasteiger partial charge in [0, 0.05) is 0 Å². The molecule has 2 unspecified atom stereocenters. The quantitative estimate of drug-likeness (QED) is 0.389. The van der Waals surface area contributed by atoms with Gasteiger partial charge in [0.2, 0.25) is 6.08 Å². The van der Waals surface area contributed by atoms with Crippen molar-refractivity contribution in [2.75, 3.05) is 0 Å². The molecule has 0 N–H and O–H groups in total. The SMILES string of the molecule is [CH2]C(C)C(C)N=C=O. The van der Waals surface area contributed by atoms with E-state index < -0.39 is 0 Å². The molecule has 1 radical (unpaired) electrons. The second-order valence-corrected chi connectivity index (χ2v) is 1.94. The van der Waals surface area contributed by atoms with E-state index in [2.05, 4.69) is 11.9 Å². The Morgan fingerprint density at radius 3 is 2.25 bits per heavy atom. The standard InChI is InChI=1S/C6H10NO/c1-5(2)6(3)7-4-8/h5-6H,1H2,2-3H3. The fraction of sp³-hybridized carbons (Fsp3) is 0.667. The molecule has 2 nitrogen and oxygen atoms in total. The minimum atomic E-state index is 0.00694. The summed E-state index contributed by atoms with van der Waals surface area (Å²) in [7, 11) is 0. The Kier molecular flexibility index (Phi) is 3.13. The molecule has 0 amide bonds. The van der Waals surface area contributed by atoms with Crippen molar-refractivity contribution in [3.05, 3.63) is 6.92 Å². The summed E-state index contributed by atoms with van der Waals surface area (Å²) in [6.45, 7) is 7.43. The Labute approximate surface area is 49.6 Å². The molecule has 0 saturated heterocycles. The van der Waals surface area contributed by atoms with Crippen LogP contribution in [0.4, 0.5) is 0 Å². The van der Waals surface area contributed by atoms with Gasteiger partial charge >= 0.3 is 0 Å². The van der Waals surface area contributed by atoms with Crippen LogP contribution in [0.25, 0.3) is 0 Å². The first-order valence-corrected chi connectivity index (χ1v) is 2.58. The van der Waals surface area contributed by atoms with Gasteiger partial charge < -0.3 is 0 Å². The van der Waals surface area contributed by atoms with E-state index in [0.29, 0.717) is 0 Å². The summed E-state index contributed by atoms with van der Waals surface area (Å²) < 4.78 is 0. The number of hydrogen-bond acceptors (Lipinski definition) is 2. The van der Waals surface area contributed by atoms with Gasteiger partial charge in [0.05, 0.1) is 6.04 Å². The summed E-state index contributed by atoms with van der Waals surface area (Å²) in [4.78, 5) is 13.1. The lowest BCUT2D eigenvalue weighted by Gasteiger charge is -2.04. The minimum Gasteiger partial charge on any atom is -0.211 e. The Hall–Kier alpha value is -0.620. The molecule has 0 aliphatic heterocycles. The average molecular weight is 112 g/mol. The number of aliphatic imine (C=N–C) groups is 1. The maximum atomic E-state index is 9.60. The summed E-state index contributed by atoms with van der Waals surface area (Å²) in [6, 6.07) is 0.00694. The lowest BCUT2D eigenvalue weighted by atomic mass is 10.1. The normalized spacial score (nSPS) is 13.0. The van der Waals surface area contributed by atoms with Gasteiger partial charge in [-0.2, -0.15) is 0 Å². The molecule has 0 aromatic rings. The van der Waals surface area contributed by atoms with E-state index in [1.54, 1.807) is 0 Å². The molecule has 0 aliphatic carbocycles. The fourth-order valence-corrected chi connectivity index (χ4v) is 0.210. The predicted octanol–water partition coefficient (Wildman–Crippen LogP) is 1.18. The molecule has 45 valence electrons. The van der Waals surface area contributed by atoms with Gasteiger partial charge in [-0.05, 0) is 19.8 Å². The van der Waals surface area contributed by atoms with Gasteiger partial charge in [-0.25, -0.2) is 9.79 Å². The smallest absolute Gasteiger partial charge is 0.211 e. The first kappa shape index (κ1) is 7.38. The fourth-order valence-electron chi connectivity index (χ4n) is 0.210. The van der Waals surface area contributed by atoms with Crippen molar-refractivity contribution in [1.82, 2.24) is 0 Å². The highest BCUT2D eigenvalue weighted by Crippen LogP contribution is 2.01. The van der Waals surface area contributed by atoms with Crippen LogP contribution < -0.4 is 0 Å². The average Bonchev–Trinajstić information content (AvgIpc) is 1.67. The van der Waals surface area contributed by atoms with Crippen LogP contribution in [0.2, 0.25) is 0 Å². The molecule has 0 aromatic heterocycles. The molecule has 0 fully saturated rings. The molecule has 0 aliphatic rings. The zero-order valence-electron chi connectivity index (χ0n) is 5.22. The van der Waals surface area contributed by atoms with Crippen molar-refractivity contribution < 1.29 is 4.79 Å². The van der Waals surface area contributed by atoms with Crippen LogP contribution in [-0.4, -0.2) is 12.1 Å². The van der Waals surface area contributed by atoms with Crippen LogP contribution in [0.1, 0.15) is 13.8 Å². The molecule has 0 heterocycles. The molecular formula is C6H10NO. The van der Waals surface area contributed by atoms with Gasteiger partial charge in [0.25, 0.3) is 0 Å². The largest absolute Gasteiger partial charge is 0.235 e. The first-order chi connectivity index (χ1) is 3.68. The van der Waals surface area contributed by atoms with Crippen LogP contribution in [0.15, 0.2) is 4.99 Å². The molecule has 0 bridgehead atoms. The summed E-state index contributed by atoms with van der Waals surface area (Å²) >= 11 is 0. The third kappa shape index (κ3) is 2.54. The summed E-state index contributed by atoms with van der Waals surface area (Å²) in [5.74, 6) is 0.191. The Bertz CT molecular complexity index is 103. The van der Waals surface area contributed by atoms with Gasteiger partial charge in [0.1, 0.15) is 0 Å². The monoisotopic (exact) mass is 112 g/mol. The van der Waals surface area contributed by atoms with E-state index in [4.69, 9.17) is 0 Å². The van der Waals surface area contributed by atoms with E-state index in [-0.39, 0.29) is 12.0 Å². The Morgan fingerprint density at radius 1 is 1.62 bits per heavy atom. The second kappa shape index (κ2) is 3.39. The van der Waals surface area contributed by atoms with E-state index >= 15 is 0 Å². The van der Waals surface area contributed by atoms with Gasteiger partial charge in [-0.15, -0.1) is 0 Å². The molecule has 2 atom stereocenters. The second-order valence-electron chi connectivity index (χ2n) is 1.94. The summed E-state index contributed by atoms with van der Waals surface area (Å²) in [5.41, 5.74) is 0. The Morgan fingerprint density at radius 2 is 2.12 bits per heavy atom. The summed E-state index contributed by atoms with van der Waals surface area (Å²) in [6.07, 6.45) is 1.48. The molecule has 0 aromatic carbocycles. The predicted molar refractivity (Wildman–Crippen MR) is 32.1 cm³/mol. The Balaban J connectivity index is 3.63. The van der Waals surface area contributed by atoms with Crippen LogP contribution >= 0.6 is 0 Å². The van der Waals surface area contributed by atoms with Gasteiger partial charge in [0.15, 0.2) is 0 Å².